The molecule has 16 heavy (non-hydrogen) atoms. The summed E-state index contributed by atoms with van der Waals surface area (Å²) in [5.41, 5.74) is 1.23. The second-order valence-corrected chi connectivity index (χ2v) is 4.31. The van der Waals surface area contributed by atoms with Gasteiger partial charge in [0.2, 0.25) is 0 Å². The quantitative estimate of drug-likeness (QED) is 0.627. The van der Waals surface area contributed by atoms with E-state index in [0.29, 0.717) is 12.8 Å². The standard InChI is InChI=1S/C11H11N3O2/c1-14-10(16)13-9(15)11(14)5-7-3-2-4-12-8(7)6-11/h2-4H,5-6H2,1H3,(H,13,15,16). The van der Waals surface area contributed by atoms with Crippen LogP contribution in [0, 0.1) is 0 Å². The highest BCUT2D eigenvalue weighted by Gasteiger charge is 2.54. The van der Waals surface area contributed by atoms with E-state index < -0.39 is 5.54 Å². The highest BCUT2D eigenvalue weighted by atomic mass is 16.2. The van der Waals surface area contributed by atoms with Gasteiger partial charge in [-0.2, -0.15) is 0 Å². The molecule has 0 aromatic carbocycles. The van der Waals surface area contributed by atoms with Gasteiger partial charge in [-0.05, 0) is 11.6 Å². The molecule has 1 fully saturated rings. The lowest BCUT2D eigenvalue weighted by Crippen LogP contribution is -2.48. The van der Waals surface area contributed by atoms with Gasteiger partial charge in [-0.1, -0.05) is 6.07 Å². The number of hydrogen-bond donors (Lipinski definition) is 1. The van der Waals surface area contributed by atoms with Crippen LogP contribution in [0.5, 0.6) is 0 Å². The maximum absolute atomic E-state index is 11.9. The van der Waals surface area contributed by atoms with E-state index in [2.05, 4.69) is 10.3 Å². The molecule has 3 rings (SSSR count). The van der Waals surface area contributed by atoms with Gasteiger partial charge in [0.25, 0.3) is 5.91 Å². The molecule has 2 heterocycles. The zero-order valence-corrected chi connectivity index (χ0v) is 8.86. The van der Waals surface area contributed by atoms with Crippen LogP contribution < -0.4 is 5.32 Å². The summed E-state index contributed by atoms with van der Waals surface area (Å²) in [5, 5.41) is 2.35. The average molecular weight is 217 g/mol. The van der Waals surface area contributed by atoms with Gasteiger partial charge in [-0.25, -0.2) is 4.79 Å². The van der Waals surface area contributed by atoms with Gasteiger partial charge in [-0.3, -0.25) is 15.1 Å². The Labute approximate surface area is 92.5 Å². The lowest BCUT2D eigenvalue weighted by Gasteiger charge is -2.27. The van der Waals surface area contributed by atoms with Crippen molar-refractivity contribution in [1.29, 1.82) is 0 Å². The predicted octanol–water partition coefficient (Wildman–Crippen LogP) is 0.101. The van der Waals surface area contributed by atoms with Crippen molar-refractivity contribution in [1.82, 2.24) is 15.2 Å². The monoisotopic (exact) mass is 217 g/mol. The molecule has 3 amide bonds. The van der Waals surface area contributed by atoms with Gasteiger partial charge >= 0.3 is 6.03 Å². The summed E-state index contributed by atoms with van der Waals surface area (Å²) in [4.78, 5) is 29.1. The van der Waals surface area contributed by atoms with Crippen molar-refractivity contribution in [2.75, 3.05) is 7.05 Å². The minimum absolute atomic E-state index is 0.210. The molecule has 0 saturated carbocycles. The summed E-state index contributed by atoms with van der Waals surface area (Å²) in [5.74, 6) is -0.210. The number of nitrogens with zero attached hydrogens (tertiary/aromatic N) is 2. The van der Waals surface area contributed by atoms with Crippen molar-refractivity contribution < 1.29 is 9.59 Å². The smallest absolute Gasteiger partial charge is 0.312 e. The molecule has 2 aliphatic rings. The molecule has 5 nitrogen and oxygen atoms in total. The Balaban J connectivity index is 2.06. The van der Waals surface area contributed by atoms with E-state index in [0.717, 1.165) is 11.3 Å². The van der Waals surface area contributed by atoms with Crippen LogP contribution in [0.25, 0.3) is 0 Å². The fourth-order valence-electron chi connectivity index (χ4n) is 2.49. The number of aromatic nitrogens is 1. The maximum Gasteiger partial charge on any atom is 0.324 e. The second-order valence-electron chi connectivity index (χ2n) is 4.31. The molecule has 1 aromatic rings. The number of amides is 3. The number of fused-ring (bicyclic) bond motifs is 1. The molecule has 1 aliphatic carbocycles. The molecule has 1 unspecified atom stereocenters. The maximum atomic E-state index is 11.9. The number of imide groups is 1. The van der Waals surface area contributed by atoms with Gasteiger partial charge in [0.1, 0.15) is 5.54 Å². The fourth-order valence-corrected chi connectivity index (χ4v) is 2.49. The van der Waals surface area contributed by atoms with Crippen molar-refractivity contribution in [3.63, 3.8) is 0 Å². The highest BCUT2D eigenvalue weighted by Crippen LogP contribution is 2.35. The molecule has 0 radical (unpaired) electrons. The summed E-state index contributed by atoms with van der Waals surface area (Å²) in [6, 6.07) is 3.49. The average Bonchev–Trinajstić information content (AvgIpc) is 2.75. The zero-order chi connectivity index (χ0) is 11.3. The first-order chi connectivity index (χ1) is 7.63. The largest absolute Gasteiger partial charge is 0.324 e. The number of nitrogens with one attached hydrogen (secondary N) is 1. The number of rotatable bonds is 0. The van der Waals surface area contributed by atoms with E-state index in [1.54, 1.807) is 13.2 Å². The Kier molecular flexibility index (Phi) is 1.64. The first-order valence-corrected chi connectivity index (χ1v) is 5.15. The van der Waals surface area contributed by atoms with Gasteiger partial charge in [-0.15, -0.1) is 0 Å². The Hall–Kier alpha value is -1.91. The topological polar surface area (TPSA) is 62.3 Å². The molecule has 1 saturated heterocycles. The number of hydrogen-bond acceptors (Lipinski definition) is 3. The molecule has 1 spiro atoms. The van der Waals surface area contributed by atoms with Crippen molar-refractivity contribution in [2.24, 2.45) is 0 Å². The third kappa shape index (κ3) is 0.973. The molecule has 82 valence electrons. The summed E-state index contributed by atoms with van der Waals surface area (Å²) in [6.45, 7) is 0. The molecule has 1 N–H and O–H groups in total. The number of carbonyl (C=O) groups is 2. The summed E-state index contributed by atoms with van der Waals surface area (Å²) >= 11 is 0. The number of urea groups is 1. The first-order valence-electron chi connectivity index (χ1n) is 5.15. The Morgan fingerprint density at radius 3 is 2.88 bits per heavy atom. The summed E-state index contributed by atoms with van der Waals surface area (Å²) in [7, 11) is 1.66. The second kappa shape index (κ2) is 2.81. The van der Waals surface area contributed by atoms with Crippen molar-refractivity contribution in [3.05, 3.63) is 29.6 Å². The van der Waals surface area contributed by atoms with Gasteiger partial charge < -0.3 is 4.90 Å². The Bertz CT molecular complexity index is 473. The molecule has 1 aliphatic heterocycles. The third-order valence-corrected chi connectivity index (χ3v) is 3.52. The van der Waals surface area contributed by atoms with E-state index in [1.165, 1.54) is 4.90 Å². The summed E-state index contributed by atoms with van der Waals surface area (Å²) in [6.07, 6.45) is 2.79. The zero-order valence-electron chi connectivity index (χ0n) is 8.86. The van der Waals surface area contributed by atoms with Crippen LogP contribution in [-0.2, 0) is 17.6 Å². The van der Waals surface area contributed by atoms with Crippen molar-refractivity contribution >= 4 is 11.9 Å². The Morgan fingerprint density at radius 2 is 2.25 bits per heavy atom. The predicted molar refractivity (Wildman–Crippen MR) is 55.7 cm³/mol. The third-order valence-electron chi connectivity index (χ3n) is 3.52. The molecule has 1 aromatic heterocycles. The number of likely N-dealkylation sites (N-methyl/N-ethyl adjacent to an activating group) is 1. The van der Waals surface area contributed by atoms with E-state index in [-0.39, 0.29) is 11.9 Å². The van der Waals surface area contributed by atoms with E-state index in [4.69, 9.17) is 0 Å². The van der Waals surface area contributed by atoms with Crippen LogP contribution in [0.15, 0.2) is 18.3 Å². The highest BCUT2D eigenvalue weighted by molar-refractivity contribution is 6.07. The Morgan fingerprint density at radius 1 is 1.44 bits per heavy atom. The molecular formula is C11H11N3O2. The van der Waals surface area contributed by atoms with Crippen LogP contribution in [0.1, 0.15) is 11.3 Å². The molecule has 5 heteroatoms. The van der Waals surface area contributed by atoms with Gasteiger partial charge in [0.05, 0.1) is 0 Å². The van der Waals surface area contributed by atoms with Crippen LogP contribution in [0.2, 0.25) is 0 Å². The van der Waals surface area contributed by atoms with Crippen molar-refractivity contribution in [3.8, 4) is 0 Å². The van der Waals surface area contributed by atoms with E-state index >= 15 is 0 Å². The van der Waals surface area contributed by atoms with E-state index in [9.17, 15) is 9.59 Å². The minimum Gasteiger partial charge on any atom is -0.312 e. The molecule has 0 bridgehead atoms. The molecular weight excluding hydrogens is 206 g/mol. The lowest BCUT2D eigenvalue weighted by molar-refractivity contribution is -0.125. The lowest BCUT2D eigenvalue weighted by atomic mass is 9.95. The van der Waals surface area contributed by atoms with Gasteiger partial charge in [0.15, 0.2) is 0 Å². The van der Waals surface area contributed by atoms with Gasteiger partial charge in [0, 0.05) is 31.8 Å². The summed E-state index contributed by atoms with van der Waals surface area (Å²) < 4.78 is 0. The number of pyridine rings is 1. The van der Waals surface area contributed by atoms with Crippen LogP contribution >= 0.6 is 0 Å². The molecule has 1 atom stereocenters. The normalized spacial score (nSPS) is 27.4. The van der Waals surface area contributed by atoms with Crippen LogP contribution in [-0.4, -0.2) is 34.4 Å². The minimum atomic E-state index is -0.742. The number of carbonyl (C=O) groups excluding carboxylic acids is 2. The van der Waals surface area contributed by atoms with Crippen LogP contribution in [0.3, 0.4) is 0 Å². The van der Waals surface area contributed by atoms with E-state index in [1.807, 2.05) is 12.1 Å². The first kappa shape index (κ1) is 9.33. The van der Waals surface area contributed by atoms with Crippen LogP contribution in [0.4, 0.5) is 4.79 Å². The SMILES string of the molecule is CN1C(=O)NC(=O)C12Cc1cccnc1C2. The van der Waals surface area contributed by atoms with Crippen molar-refractivity contribution in [2.45, 2.75) is 18.4 Å². The fraction of sp³-hybridized carbons (Fsp3) is 0.364.